The predicted molar refractivity (Wildman–Crippen MR) is 70.3 cm³/mol. The summed E-state index contributed by atoms with van der Waals surface area (Å²) >= 11 is 0. The van der Waals surface area contributed by atoms with Crippen molar-refractivity contribution in [2.24, 2.45) is 5.73 Å². The van der Waals surface area contributed by atoms with E-state index in [1.165, 1.54) is 0 Å². The Morgan fingerprint density at radius 2 is 2.11 bits per heavy atom. The number of aliphatic hydroxyl groups is 1. The zero-order valence-corrected chi connectivity index (χ0v) is 11.1. The Bertz CT molecular complexity index is 402. The van der Waals surface area contributed by atoms with Gasteiger partial charge in [0, 0.05) is 17.3 Å². The van der Waals surface area contributed by atoms with Crippen LogP contribution < -0.4 is 5.73 Å². The lowest BCUT2D eigenvalue weighted by Gasteiger charge is -2.29. The molecule has 3 N–H and O–H groups in total. The number of aromatic nitrogens is 2. The molecule has 0 spiro atoms. The van der Waals surface area contributed by atoms with Gasteiger partial charge in [0.2, 0.25) is 0 Å². The van der Waals surface area contributed by atoms with E-state index in [0.29, 0.717) is 11.7 Å². The molecule has 5 nitrogen and oxygen atoms in total. The fourth-order valence-corrected chi connectivity index (χ4v) is 2.38. The molecule has 100 valence electrons. The Morgan fingerprint density at radius 3 is 2.72 bits per heavy atom. The van der Waals surface area contributed by atoms with E-state index in [0.717, 1.165) is 37.3 Å². The first kappa shape index (κ1) is 13.4. The third-order valence-electron chi connectivity index (χ3n) is 3.56. The fourth-order valence-electron chi connectivity index (χ4n) is 2.38. The molecule has 1 saturated heterocycles. The Balaban J connectivity index is 2.19. The lowest BCUT2D eigenvalue weighted by Crippen LogP contribution is -2.30. The molecule has 18 heavy (non-hydrogen) atoms. The molecule has 0 aliphatic carbocycles. The second-order valence-corrected chi connectivity index (χ2v) is 5.16. The van der Waals surface area contributed by atoms with E-state index < -0.39 is 6.04 Å². The van der Waals surface area contributed by atoms with Gasteiger partial charge in [0.25, 0.3) is 0 Å². The van der Waals surface area contributed by atoms with E-state index in [9.17, 15) is 0 Å². The maximum atomic E-state index is 9.10. The van der Waals surface area contributed by atoms with E-state index in [1.54, 1.807) is 0 Å². The van der Waals surface area contributed by atoms with Crippen LogP contribution in [0.5, 0.6) is 0 Å². The quantitative estimate of drug-likeness (QED) is 0.821. The third-order valence-corrected chi connectivity index (χ3v) is 3.56. The highest BCUT2D eigenvalue weighted by Crippen LogP contribution is 2.26. The number of rotatable bonds is 3. The highest BCUT2D eigenvalue weighted by molar-refractivity contribution is 5.16. The van der Waals surface area contributed by atoms with Gasteiger partial charge in [0.1, 0.15) is 5.82 Å². The first-order chi connectivity index (χ1) is 8.60. The minimum Gasteiger partial charge on any atom is -0.394 e. The van der Waals surface area contributed by atoms with Crippen LogP contribution in [0, 0.1) is 6.92 Å². The molecule has 0 bridgehead atoms. The number of piperidine rings is 1. The number of hydrogen-bond donors (Lipinski definition) is 2. The molecule has 0 aromatic carbocycles. The number of hydrogen-bond acceptors (Lipinski definition) is 5. The summed E-state index contributed by atoms with van der Waals surface area (Å²) in [5.74, 6) is 1.05. The number of nitrogens with zero attached hydrogens (tertiary/aromatic N) is 3. The van der Waals surface area contributed by atoms with Crippen molar-refractivity contribution in [1.82, 2.24) is 14.9 Å². The van der Waals surface area contributed by atoms with Gasteiger partial charge in [0.05, 0.1) is 12.6 Å². The topological polar surface area (TPSA) is 75.3 Å². The lowest BCUT2D eigenvalue weighted by atomic mass is 9.93. The first-order valence-corrected chi connectivity index (χ1v) is 6.50. The number of aliphatic hydroxyl groups excluding tert-OH is 1. The largest absolute Gasteiger partial charge is 0.394 e. The van der Waals surface area contributed by atoms with Gasteiger partial charge in [-0.15, -0.1) is 0 Å². The average Bonchev–Trinajstić information content (AvgIpc) is 2.38. The number of likely N-dealkylation sites (tertiary alicyclic amines) is 1. The van der Waals surface area contributed by atoms with Gasteiger partial charge in [-0.3, -0.25) is 0 Å². The van der Waals surface area contributed by atoms with E-state index in [2.05, 4.69) is 21.9 Å². The maximum absolute atomic E-state index is 9.10. The van der Waals surface area contributed by atoms with Crippen LogP contribution in [0.25, 0.3) is 0 Å². The van der Waals surface area contributed by atoms with Crippen LogP contribution in [-0.2, 0) is 0 Å². The van der Waals surface area contributed by atoms with Gasteiger partial charge < -0.3 is 15.7 Å². The molecule has 1 aromatic heterocycles. The molecule has 1 aliphatic heterocycles. The van der Waals surface area contributed by atoms with Crippen molar-refractivity contribution < 1.29 is 5.11 Å². The monoisotopic (exact) mass is 250 g/mol. The smallest absolute Gasteiger partial charge is 0.147 e. The van der Waals surface area contributed by atoms with Crippen molar-refractivity contribution in [1.29, 1.82) is 0 Å². The zero-order valence-electron chi connectivity index (χ0n) is 11.1. The summed E-state index contributed by atoms with van der Waals surface area (Å²) in [7, 11) is 2.15. The maximum Gasteiger partial charge on any atom is 0.147 e. The molecule has 2 heterocycles. The fraction of sp³-hybridized carbons (Fsp3) is 0.692. The minimum atomic E-state index is -0.477. The molecule has 0 saturated carbocycles. The van der Waals surface area contributed by atoms with Gasteiger partial charge >= 0.3 is 0 Å². The summed E-state index contributed by atoms with van der Waals surface area (Å²) in [5.41, 5.74) is 7.81. The summed E-state index contributed by atoms with van der Waals surface area (Å²) in [6, 6.07) is 1.57. The van der Waals surface area contributed by atoms with Crippen molar-refractivity contribution in [3.05, 3.63) is 23.3 Å². The molecule has 5 heteroatoms. The van der Waals surface area contributed by atoms with Crippen LogP contribution in [0.15, 0.2) is 6.07 Å². The summed E-state index contributed by atoms with van der Waals surface area (Å²) in [5, 5.41) is 9.10. The molecule has 1 aliphatic rings. The molecule has 1 atom stereocenters. The average molecular weight is 250 g/mol. The zero-order chi connectivity index (χ0) is 13.1. The lowest BCUT2D eigenvalue weighted by molar-refractivity contribution is 0.250. The van der Waals surface area contributed by atoms with Gasteiger partial charge in [-0.1, -0.05) is 0 Å². The van der Waals surface area contributed by atoms with Gasteiger partial charge in [-0.05, 0) is 46.0 Å². The minimum absolute atomic E-state index is 0.115. The van der Waals surface area contributed by atoms with E-state index in [4.69, 9.17) is 10.8 Å². The van der Waals surface area contributed by atoms with Gasteiger partial charge in [0.15, 0.2) is 0 Å². The second kappa shape index (κ2) is 5.73. The summed E-state index contributed by atoms with van der Waals surface area (Å²) in [6.07, 6.45) is 2.25. The van der Waals surface area contributed by atoms with Crippen LogP contribution >= 0.6 is 0 Å². The second-order valence-electron chi connectivity index (χ2n) is 5.16. The molecule has 1 aromatic rings. The predicted octanol–water partition coefficient (Wildman–Crippen LogP) is 0.586. The molecule has 0 radical (unpaired) electrons. The van der Waals surface area contributed by atoms with E-state index in [1.807, 2.05) is 13.0 Å². The van der Waals surface area contributed by atoms with E-state index in [-0.39, 0.29) is 6.61 Å². The van der Waals surface area contributed by atoms with Crippen molar-refractivity contribution in [2.75, 3.05) is 26.7 Å². The van der Waals surface area contributed by atoms with Gasteiger partial charge in [-0.25, -0.2) is 9.97 Å². The molecular formula is C13H22N4O. The van der Waals surface area contributed by atoms with Crippen molar-refractivity contribution in [3.63, 3.8) is 0 Å². The molecular weight excluding hydrogens is 228 g/mol. The normalized spacial score (nSPS) is 20.0. The van der Waals surface area contributed by atoms with Crippen LogP contribution in [0.2, 0.25) is 0 Å². The molecule has 0 amide bonds. The summed E-state index contributed by atoms with van der Waals surface area (Å²) in [4.78, 5) is 11.2. The van der Waals surface area contributed by atoms with Crippen LogP contribution in [0.1, 0.15) is 42.0 Å². The Hall–Kier alpha value is -1.04. The highest BCUT2D eigenvalue weighted by Gasteiger charge is 2.21. The standard InChI is InChI=1S/C13H22N4O/c1-9-7-12(10-3-5-17(2)6-4-10)16-13(15-9)11(14)8-18/h7,10-11,18H,3-6,8,14H2,1-2H3. The Morgan fingerprint density at radius 1 is 1.44 bits per heavy atom. The molecule has 1 unspecified atom stereocenters. The first-order valence-electron chi connectivity index (χ1n) is 6.50. The van der Waals surface area contributed by atoms with Crippen LogP contribution in [0.3, 0.4) is 0 Å². The summed E-state index contributed by atoms with van der Waals surface area (Å²) in [6.45, 7) is 4.05. The number of aryl methyl sites for hydroxylation is 1. The third kappa shape index (κ3) is 3.04. The molecule has 1 fully saturated rings. The van der Waals surface area contributed by atoms with Crippen LogP contribution in [0.4, 0.5) is 0 Å². The molecule has 2 rings (SSSR count). The van der Waals surface area contributed by atoms with Crippen molar-refractivity contribution in [3.8, 4) is 0 Å². The number of nitrogens with two attached hydrogens (primary N) is 1. The van der Waals surface area contributed by atoms with Crippen molar-refractivity contribution >= 4 is 0 Å². The van der Waals surface area contributed by atoms with Crippen molar-refractivity contribution in [2.45, 2.75) is 31.7 Å². The SMILES string of the molecule is Cc1cc(C2CCN(C)CC2)nc(C(N)CO)n1. The highest BCUT2D eigenvalue weighted by atomic mass is 16.3. The summed E-state index contributed by atoms with van der Waals surface area (Å²) < 4.78 is 0. The van der Waals surface area contributed by atoms with Gasteiger partial charge in [-0.2, -0.15) is 0 Å². The Labute approximate surface area is 108 Å². The van der Waals surface area contributed by atoms with Crippen LogP contribution in [-0.4, -0.2) is 46.7 Å². The Kier molecular flexibility index (Phi) is 4.27. The van der Waals surface area contributed by atoms with E-state index >= 15 is 0 Å².